The summed E-state index contributed by atoms with van der Waals surface area (Å²) in [5.74, 6) is 3.56. The van der Waals surface area contributed by atoms with E-state index >= 15 is 0 Å². The molecule has 2 rings (SSSR count). The van der Waals surface area contributed by atoms with Crippen LogP contribution in [0.4, 0.5) is 0 Å². The molecule has 2 heteroatoms. The fourth-order valence-electron chi connectivity index (χ4n) is 3.75. The molecule has 0 bridgehead atoms. The van der Waals surface area contributed by atoms with Crippen LogP contribution in [0.1, 0.15) is 87.5 Å². The third kappa shape index (κ3) is 20.8. The van der Waals surface area contributed by atoms with Crippen LogP contribution in [0.3, 0.4) is 0 Å². The zero-order valence-electron chi connectivity index (χ0n) is 27.3. The number of rotatable bonds is 12. The van der Waals surface area contributed by atoms with Crippen molar-refractivity contribution < 1.29 is 0 Å². The summed E-state index contributed by atoms with van der Waals surface area (Å²) in [6.07, 6.45) is 40.1. The fraction of sp³-hybridized carbons (Fsp3) is 0.410. The van der Waals surface area contributed by atoms with Gasteiger partial charge in [0, 0.05) is 17.3 Å². The van der Waals surface area contributed by atoms with Crippen LogP contribution in [0.15, 0.2) is 127 Å². The molecule has 0 saturated heterocycles. The van der Waals surface area contributed by atoms with Gasteiger partial charge in [-0.3, -0.25) is 0 Å². The quantitative estimate of drug-likeness (QED) is 0.108. The van der Waals surface area contributed by atoms with E-state index in [1.54, 1.807) is 6.08 Å². The maximum absolute atomic E-state index is 5.40. The molecular weight excluding hydrogens is 496 g/mol. The zero-order valence-corrected chi connectivity index (χ0v) is 27.3. The Morgan fingerprint density at radius 2 is 1.83 bits per heavy atom. The molecule has 224 valence electrons. The molecule has 2 atom stereocenters. The van der Waals surface area contributed by atoms with Crippen molar-refractivity contribution in [3.05, 3.63) is 127 Å². The van der Waals surface area contributed by atoms with Gasteiger partial charge in [-0.05, 0) is 75.7 Å². The lowest BCUT2D eigenvalue weighted by Crippen LogP contribution is -2.33. The normalized spacial score (nSPS) is 17.7. The van der Waals surface area contributed by atoms with Crippen LogP contribution in [-0.2, 0) is 0 Å². The van der Waals surface area contributed by atoms with Crippen molar-refractivity contribution in [2.45, 2.75) is 93.5 Å². The van der Waals surface area contributed by atoms with Crippen molar-refractivity contribution in [3.8, 4) is 12.3 Å². The van der Waals surface area contributed by atoms with E-state index in [9.17, 15) is 0 Å². The summed E-state index contributed by atoms with van der Waals surface area (Å²) in [7, 11) is 0. The van der Waals surface area contributed by atoms with Gasteiger partial charge in [0.05, 0.1) is 11.7 Å². The first-order valence-electron chi connectivity index (χ1n) is 15.3. The minimum Gasteiger partial charge on any atom is -0.382 e. The third-order valence-corrected chi connectivity index (χ3v) is 5.82. The van der Waals surface area contributed by atoms with E-state index in [1.807, 2.05) is 40.7 Å². The summed E-state index contributed by atoms with van der Waals surface area (Å²) in [5, 5.41) is 6.74. The summed E-state index contributed by atoms with van der Waals surface area (Å²) in [6.45, 7) is 24.1. The number of allylic oxidation sites excluding steroid dienone is 15. The summed E-state index contributed by atoms with van der Waals surface area (Å²) < 4.78 is 0. The number of nitrogens with one attached hydrogen (secondary N) is 2. The van der Waals surface area contributed by atoms with E-state index in [2.05, 4.69) is 129 Å². The van der Waals surface area contributed by atoms with Gasteiger partial charge in [0.2, 0.25) is 0 Å². The zero-order chi connectivity index (χ0) is 31.3. The van der Waals surface area contributed by atoms with Gasteiger partial charge >= 0.3 is 0 Å². The van der Waals surface area contributed by atoms with Gasteiger partial charge in [-0.25, -0.2) is 0 Å². The van der Waals surface area contributed by atoms with Crippen molar-refractivity contribution in [2.24, 2.45) is 11.8 Å². The fourth-order valence-corrected chi connectivity index (χ4v) is 3.75. The smallest absolute Gasteiger partial charge is 0.0819 e. The van der Waals surface area contributed by atoms with E-state index in [1.165, 1.54) is 12.0 Å². The maximum atomic E-state index is 5.40. The van der Waals surface area contributed by atoms with Crippen LogP contribution in [0.2, 0.25) is 0 Å². The van der Waals surface area contributed by atoms with Gasteiger partial charge in [0.15, 0.2) is 0 Å². The Hall–Kier alpha value is -3.66. The Morgan fingerprint density at radius 1 is 1.12 bits per heavy atom. The third-order valence-electron chi connectivity index (χ3n) is 5.82. The topological polar surface area (TPSA) is 24.1 Å². The molecule has 2 N–H and O–H groups in total. The molecule has 0 fully saturated rings. The first-order valence-corrected chi connectivity index (χ1v) is 15.3. The van der Waals surface area contributed by atoms with E-state index in [0.29, 0.717) is 17.5 Å². The van der Waals surface area contributed by atoms with Crippen LogP contribution in [0.5, 0.6) is 0 Å². The highest BCUT2D eigenvalue weighted by Gasteiger charge is 2.16. The van der Waals surface area contributed by atoms with Crippen molar-refractivity contribution in [2.75, 3.05) is 0 Å². The predicted octanol–water partition coefficient (Wildman–Crippen LogP) is 10.8. The molecule has 2 nitrogen and oxygen atoms in total. The first-order chi connectivity index (χ1) is 19.9. The van der Waals surface area contributed by atoms with Gasteiger partial charge in [-0.1, -0.05) is 127 Å². The second-order valence-corrected chi connectivity index (χ2v) is 9.34. The molecule has 0 saturated carbocycles. The lowest BCUT2D eigenvalue weighted by atomic mass is 9.91. The van der Waals surface area contributed by atoms with Gasteiger partial charge in [-0.15, -0.1) is 12.2 Å². The standard InChI is InChI=1S/C25H32N2.C10H14.2C2H6/c1-6-9-10-18-24(26-21(4)8-3)19-13-11-16-23-17-12-14-20-25(23)27-22(5)15-7-2;1-9(2)10-7-5-3-4-6-8-10;2*1-2/h3,6-7,9,11-15,17,19-20,23,25-27H,2,4,10,16,18H2,1,5H3;5-7,9H,3-4H2,1-2H3;2*1-2H3/b9-6-,13-11-,22-15+,24-19+;;;. The van der Waals surface area contributed by atoms with E-state index in [0.717, 1.165) is 37.1 Å². The van der Waals surface area contributed by atoms with E-state index < -0.39 is 0 Å². The van der Waals surface area contributed by atoms with Crippen LogP contribution >= 0.6 is 0 Å². The molecule has 0 spiro atoms. The van der Waals surface area contributed by atoms with Crippen molar-refractivity contribution in [1.82, 2.24) is 10.6 Å². The summed E-state index contributed by atoms with van der Waals surface area (Å²) in [4.78, 5) is 0. The highest BCUT2D eigenvalue weighted by Crippen LogP contribution is 2.19. The van der Waals surface area contributed by atoms with E-state index in [4.69, 9.17) is 6.42 Å². The summed E-state index contributed by atoms with van der Waals surface area (Å²) in [6, 6.07) is 0.285. The monoisotopic (exact) mass is 554 g/mol. The van der Waals surface area contributed by atoms with Crippen molar-refractivity contribution in [1.29, 1.82) is 0 Å². The molecule has 0 aromatic heterocycles. The Bertz CT molecular complexity index is 1040. The van der Waals surface area contributed by atoms with Crippen LogP contribution in [0.25, 0.3) is 0 Å². The Kier molecular flexibility index (Phi) is 26.9. The molecule has 2 aliphatic rings. The van der Waals surface area contributed by atoms with Crippen LogP contribution in [0, 0.1) is 24.2 Å². The lowest BCUT2D eigenvalue weighted by molar-refractivity contribution is 0.509. The van der Waals surface area contributed by atoms with Crippen LogP contribution in [-0.4, -0.2) is 6.04 Å². The first kappa shape index (κ1) is 39.5. The second kappa shape index (κ2) is 27.9. The Morgan fingerprint density at radius 3 is 2.46 bits per heavy atom. The maximum Gasteiger partial charge on any atom is 0.0819 e. The molecular formula is C39H58N2. The summed E-state index contributed by atoms with van der Waals surface area (Å²) >= 11 is 0. The highest BCUT2D eigenvalue weighted by atomic mass is 14.9. The highest BCUT2D eigenvalue weighted by molar-refractivity contribution is 5.27. The average molecular weight is 555 g/mol. The number of terminal acetylenes is 1. The molecule has 41 heavy (non-hydrogen) atoms. The van der Waals surface area contributed by atoms with Gasteiger partial charge < -0.3 is 10.6 Å². The molecule has 0 aromatic rings. The Balaban J connectivity index is 0. The van der Waals surface area contributed by atoms with Crippen molar-refractivity contribution in [3.63, 3.8) is 0 Å². The minimum atomic E-state index is 0.285. The van der Waals surface area contributed by atoms with Crippen molar-refractivity contribution >= 4 is 0 Å². The average Bonchev–Trinajstić information content (AvgIpc) is 3.29. The van der Waals surface area contributed by atoms with E-state index in [-0.39, 0.29) is 6.04 Å². The predicted molar refractivity (Wildman–Crippen MR) is 187 cm³/mol. The molecule has 0 heterocycles. The van der Waals surface area contributed by atoms with Crippen LogP contribution < -0.4 is 10.6 Å². The number of hydrogen-bond acceptors (Lipinski definition) is 2. The molecule has 0 aliphatic heterocycles. The second-order valence-electron chi connectivity index (χ2n) is 9.34. The largest absolute Gasteiger partial charge is 0.382 e. The van der Waals surface area contributed by atoms with Gasteiger partial charge in [-0.2, -0.15) is 0 Å². The minimum absolute atomic E-state index is 0.285. The SMILES string of the molecule is C#CC(=C)N/C(=C/C=C\CC1C=CC=CC1N/C(C)=C/C=C)CC/C=C\C.CC.CC.CC(C)C1=C=CCCC=C1. The van der Waals surface area contributed by atoms with Gasteiger partial charge in [0.25, 0.3) is 0 Å². The van der Waals surface area contributed by atoms with Gasteiger partial charge in [0.1, 0.15) is 0 Å². The lowest BCUT2D eigenvalue weighted by Gasteiger charge is -2.25. The Labute approximate surface area is 254 Å². The molecule has 2 unspecified atom stereocenters. The molecule has 2 aliphatic carbocycles. The molecule has 0 radical (unpaired) electrons. The molecule has 0 amide bonds. The molecule has 0 aromatic carbocycles. The number of hydrogen-bond donors (Lipinski definition) is 2. The summed E-state index contributed by atoms with van der Waals surface area (Å²) in [5.41, 5.74) is 7.40.